The van der Waals surface area contributed by atoms with Gasteiger partial charge in [0.2, 0.25) is 5.92 Å². The lowest BCUT2D eigenvalue weighted by atomic mass is 9.76. The molecule has 0 aliphatic rings. The molecule has 1 nitrogen and oxygen atoms in total. The predicted molar refractivity (Wildman–Crippen MR) is 63.7 cm³/mol. The number of aliphatic hydroxyl groups is 1. The van der Waals surface area contributed by atoms with Gasteiger partial charge in [0.25, 0.3) is 0 Å². The molecule has 0 aliphatic carbocycles. The highest BCUT2D eigenvalue weighted by atomic mass is 19.3. The highest BCUT2D eigenvalue weighted by molar-refractivity contribution is 4.77. The zero-order valence-corrected chi connectivity index (χ0v) is 11.2. The molecule has 2 atom stereocenters. The Morgan fingerprint density at radius 2 is 1.69 bits per heavy atom. The third-order valence-corrected chi connectivity index (χ3v) is 3.53. The van der Waals surface area contributed by atoms with Crippen molar-refractivity contribution in [2.45, 2.75) is 59.8 Å². The van der Waals surface area contributed by atoms with Crippen LogP contribution in [0.4, 0.5) is 8.78 Å². The van der Waals surface area contributed by atoms with Crippen molar-refractivity contribution in [2.75, 3.05) is 6.61 Å². The van der Waals surface area contributed by atoms with Crippen molar-refractivity contribution in [1.82, 2.24) is 0 Å². The molecule has 0 saturated heterocycles. The standard InChI is InChI=1S/C13H26F2O/c1-6-13(14,15)8-11(9-16)7-10(2)12(3,4)5/h10-11,16H,6-9H2,1-5H3/t10?,11-/m1/s1. The van der Waals surface area contributed by atoms with E-state index in [1.165, 1.54) is 6.92 Å². The summed E-state index contributed by atoms with van der Waals surface area (Å²) in [6.45, 7) is 9.71. The quantitative estimate of drug-likeness (QED) is 0.736. The van der Waals surface area contributed by atoms with Crippen molar-refractivity contribution < 1.29 is 13.9 Å². The average molecular weight is 236 g/mol. The zero-order valence-electron chi connectivity index (χ0n) is 11.2. The van der Waals surface area contributed by atoms with Crippen LogP contribution in [0, 0.1) is 17.3 Å². The number of alkyl halides is 2. The Morgan fingerprint density at radius 1 is 1.19 bits per heavy atom. The highest BCUT2D eigenvalue weighted by Gasteiger charge is 2.32. The van der Waals surface area contributed by atoms with E-state index < -0.39 is 5.92 Å². The van der Waals surface area contributed by atoms with E-state index in [2.05, 4.69) is 27.7 Å². The monoisotopic (exact) mass is 236 g/mol. The maximum Gasteiger partial charge on any atom is 0.248 e. The van der Waals surface area contributed by atoms with Gasteiger partial charge in [-0.1, -0.05) is 34.6 Å². The predicted octanol–water partition coefficient (Wildman–Crippen LogP) is 4.10. The molecule has 98 valence electrons. The van der Waals surface area contributed by atoms with Crippen molar-refractivity contribution >= 4 is 0 Å². The van der Waals surface area contributed by atoms with Gasteiger partial charge in [0, 0.05) is 19.4 Å². The van der Waals surface area contributed by atoms with Crippen molar-refractivity contribution in [1.29, 1.82) is 0 Å². The first-order valence-corrected chi connectivity index (χ1v) is 6.11. The van der Waals surface area contributed by atoms with Crippen molar-refractivity contribution in [3.8, 4) is 0 Å². The van der Waals surface area contributed by atoms with Crippen LogP contribution < -0.4 is 0 Å². The van der Waals surface area contributed by atoms with Crippen molar-refractivity contribution in [2.24, 2.45) is 17.3 Å². The SMILES string of the molecule is CCC(F)(F)C[C@H](CO)CC(C)C(C)(C)C. The fourth-order valence-corrected chi connectivity index (χ4v) is 1.64. The summed E-state index contributed by atoms with van der Waals surface area (Å²) in [5, 5.41) is 9.17. The third kappa shape index (κ3) is 5.78. The number of halogens is 2. The minimum absolute atomic E-state index is 0.106. The maximum absolute atomic E-state index is 13.2. The van der Waals surface area contributed by atoms with E-state index >= 15 is 0 Å². The molecule has 3 heteroatoms. The van der Waals surface area contributed by atoms with E-state index in [0.717, 1.165) is 0 Å². The Labute approximate surface area is 98.2 Å². The van der Waals surface area contributed by atoms with Crippen LogP contribution in [0.25, 0.3) is 0 Å². The van der Waals surface area contributed by atoms with Crippen LogP contribution in [0.5, 0.6) is 0 Å². The number of hydrogen-bond donors (Lipinski definition) is 1. The molecule has 0 saturated carbocycles. The summed E-state index contributed by atoms with van der Waals surface area (Å²) in [5.41, 5.74) is 0.106. The molecule has 0 radical (unpaired) electrons. The summed E-state index contributed by atoms with van der Waals surface area (Å²) < 4.78 is 26.5. The van der Waals surface area contributed by atoms with Crippen LogP contribution in [0.3, 0.4) is 0 Å². The topological polar surface area (TPSA) is 20.2 Å². The normalized spacial score (nSPS) is 17.2. The van der Waals surface area contributed by atoms with Crippen LogP contribution in [0.1, 0.15) is 53.9 Å². The lowest BCUT2D eigenvalue weighted by Crippen LogP contribution is -2.27. The zero-order chi connectivity index (χ0) is 13.0. The fourth-order valence-electron chi connectivity index (χ4n) is 1.64. The van der Waals surface area contributed by atoms with E-state index in [-0.39, 0.29) is 30.8 Å². The summed E-state index contributed by atoms with van der Waals surface area (Å²) in [6, 6.07) is 0. The molecule has 0 aromatic rings. The molecular weight excluding hydrogens is 210 g/mol. The summed E-state index contributed by atoms with van der Waals surface area (Å²) in [6.07, 6.45) is 0.323. The molecule has 0 fully saturated rings. The minimum Gasteiger partial charge on any atom is -0.396 e. The number of aliphatic hydroxyl groups excluding tert-OH is 1. The van der Waals surface area contributed by atoms with Crippen molar-refractivity contribution in [3.05, 3.63) is 0 Å². The maximum atomic E-state index is 13.2. The minimum atomic E-state index is -2.63. The van der Waals surface area contributed by atoms with Gasteiger partial charge in [0.15, 0.2) is 0 Å². The second kappa shape index (κ2) is 5.95. The number of rotatable bonds is 6. The Morgan fingerprint density at radius 3 is 2.00 bits per heavy atom. The molecule has 0 amide bonds. The van der Waals surface area contributed by atoms with E-state index in [9.17, 15) is 8.78 Å². The largest absolute Gasteiger partial charge is 0.396 e. The van der Waals surface area contributed by atoms with Crippen LogP contribution in [-0.4, -0.2) is 17.6 Å². The van der Waals surface area contributed by atoms with Crippen LogP contribution in [0.2, 0.25) is 0 Å². The van der Waals surface area contributed by atoms with Crippen LogP contribution >= 0.6 is 0 Å². The van der Waals surface area contributed by atoms with Crippen molar-refractivity contribution in [3.63, 3.8) is 0 Å². The van der Waals surface area contributed by atoms with E-state index in [4.69, 9.17) is 5.11 Å². The summed E-state index contributed by atoms with van der Waals surface area (Å²) in [7, 11) is 0. The smallest absolute Gasteiger partial charge is 0.248 e. The number of hydrogen-bond acceptors (Lipinski definition) is 1. The Bertz CT molecular complexity index is 197. The van der Waals surface area contributed by atoms with Crippen LogP contribution in [-0.2, 0) is 0 Å². The second-order valence-corrected chi connectivity index (χ2v) is 5.97. The third-order valence-electron chi connectivity index (χ3n) is 3.53. The molecule has 0 heterocycles. The van der Waals surface area contributed by atoms with Crippen LogP contribution in [0.15, 0.2) is 0 Å². The Balaban J connectivity index is 4.32. The molecule has 0 rings (SSSR count). The first-order chi connectivity index (χ1) is 7.12. The van der Waals surface area contributed by atoms with Gasteiger partial charge in [-0.2, -0.15) is 0 Å². The molecule has 0 spiro atoms. The summed E-state index contributed by atoms with van der Waals surface area (Å²) in [5.74, 6) is -2.59. The van der Waals surface area contributed by atoms with Gasteiger partial charge in [0.1, 0.15) is 0 Å². The van der Waals surface area contributed by atoms with E-state index in [1.807, 2.05) is 0 Å². The van der Waals surface area contributed by atoms with E-state index in [1.54, 1.807) is 0 Å². The Hall–Kier alpha value is -0.180. The van der Waals surface area contributed by atoms with Gasteiger partial charge < -0.3 is 5.11 Å². The van der Waals surface area contributed by atoms with Gasteiger partial charge in [-0.15, -0.1) is 0 Å². The lowest BCUT2D eigenvalue weighted by Gasteiger charge is -2.31. The van der Waals surface area contributed by atoms with Gasteiger partial charge in [-0.05, 0) is 23.7 Å². The Kier molecular flexibility index (Phi) is 5.88. The molecular formula is C13H26F2O. The van der Waals surface area contributed by atoms with Gasteiger partial charge in [-0.3, -0.25) is 0 Å². The first-order valence-electron chi connectivity index (χ1n) is 6.11. The van der Waals surface area contributed by atoms with Gasteiger partial charge >= 0.3 is 0 Å². The summed E-state index contributed by atoms with van der Waals surface area (Å²) >= 11 is 0. The molecule has 0 aromatic heterocycles. The summed E-state index contributed by atoms with van der Waals surface area (Å²) in [4.78, 5) is 0. The fraction of sp³-hybridized carbons (Fsp3) is 1.00. The molecule has 0 aliphatic heterocycles. The highest BCUT2D eigenvalue weighted by Crippen LogP contribution is 2.35. The molecule has 16 heavy (non-hydrogen) atoms. The first kappa shape index (κ1) is 15.8. The molecule has 1 unspecified atom stereocenters. The van der Waals surface area contributed by atoms with E-state index in [0.29, 0.717) is 12.3 Å². The lowest BCUT2D eigenvalue weighted by molar-refractivity contribution is -0.0387. The van der Waals surface area contributed by atoms with Gasteiger partial charge in [-0.25, -0.2) is 8.78 Å². The molecule has 1 N–H and O–H groups in total. The molecule has 0 bridgehead atoms. The molecule has 0 aromatic carbocycles. The van der Waals surface area contributed by atoms with Gasteiger partial charge in [0.05, 0.1) is 0 Å². The average Bonchev–Trinajstić information content (AvgIpc) is 2.15. The second-order valence-electron chi connectivity index (χ2n) is 5.97.